The van der Waals surface area contributed by atoms with Gasteiger partial charge < -0.3 is 9.84 Å². The number of fused-ring (bicyclic) bond motifs is 1. The van der Waals surface area contributed by atoms with E-state index in [0.29, 0.717) is 6.42 Å². The molecule has 0 bridgehead atoms. The molecular formula is C17H18O2. The van der Waals surface area contributed by atoms with Crippen LogP contribution in [0.3, 0.4) is 0 Å². The Bertz CT molecular complexity index is 606. The zero-order chi connectivity index (χ0) is 13.5. The molecule has 0 aromatic heterocycles. The molecule has 0 saturated heterocycles. The third-order valence-corrected chi connectivity index (χ3v) is 3.82. The zero-order valence-corrected chi connectivity index (χ0v) is 11.3. The molecule has 0 aliphatic carbocycles. The minimum Gasteiger partial charge on any atom is -0.482 e. The predicted octanol–water partition coefficient (Wildman–Crippen LogP) is 3.73. The number of rotatable bonds is 1. The van der Waals surface area contributed by atoms with Crippen molar-refractivity contribution in [2.45, 2.75) is 32.0 Å². The van der Waals surface area contributed by atoms with Crippen LogP contribution in [0.5, 0.6) is 5.75 Å². The van der Waals surface area contributed by atoms with E-state index >= 15 is 0 Å². The average Bonchev–Trinajstić information content (AvgIpc) is 2.38. The maximum absolute atomic E-state index is 10.3. The summed E-state index contributed by atoms with van der Waals surface area (Å²) in [6.07, 6.45) is 0.100. The van der Waals surface area contributed by atoms with Crippen molar-refractivity contribution in [3.63, 3.8) is 0 Å². The monoisotopic (exact) mass is 254 g/mol. The van der Waals surface area contributed by atoms with E-state index in [-0.39, 0.29) is 0 Å². The molecular weight excluding hydrogens is 236 g/mol. The molecule has 0 radical (unpaired) electrons. The summed E-state index contributed by atoms with van der Waals surface area (Å²) in [6, 6.07) is 16.0. The van der Waals surface area contributed by atoms with E-state index in [1.807, 2.05) is 37.3 Å². The molecule has 1 heterocycles. The van der Waals surface area contributed by atoms with Crippen molar-refractivity contribution < 1.29 is 9.84 Å². The summed E-state index contributed by atoms with van der Waals surface area (Å²) in [7, 11) is 0. The lowest BCUT2D eigenvalue weighted by Crippen LogP contribution is -2.35. The van der Waals surface area contributed by atoms with Crippen LogP contribution in [0.1, 0.15) is 36.1 Å². The molecule has 0 amide bonds. The van der Waals surface area contributed by atoms with Crippen LogP contribution >= 0.6 is 0 Å². The second kappa shape index (κ2) is 4.39. The van der Waals surface area contributed by atoms with Gasteiger partial charge in [-0.2, -0.15) is 0 Å². The van der Waals surface area contributed by atoms with Gasteiger partial charge >= 0.3 is 0 Å². The highest BCUT2D eigenvalue weighted by Gasteiger charge is 2.37. The number of aliphatic hydroxyl groups excluding tert-OH is 1. The fourth-order valence-corrected chi connectivity index (χ4v) is 2.76. The lowest BCUT2D eigenvalue weighted by molar-refractivity contribution is -0.00487. The van der Waals surface area contributed by atoms with Crippen LogP contribution in [0.2, 0.25) is 0 Å². The number of ether oxygens (including phenoxy) is 1. The summed E-state index contributed by atoms with van der Waals surface area (Å²) >= 11 is 0. The Kier molecular flexibility index (Phi) is 2.83. The zero-order valence-electron chi connectivity index (χ0n) is 11.3. The van der Waals surface area contributed by atoms with Gasteiger partial charge in [-0.1, -0.05) is 48.0 Å². The molecule has 0 spiro atoms. The van der Waals surface area contributed by atoms with Crippen molar-refractivity contribution in [1.29, 1.82) is 0 Å². The van der Waals surface area contributed by atoms with Crippen molar-refractivity contribution in [1.82, 2.24) is 0 Å². The minimum atomic E-state index is -0.476. The minimum absolute atomic E-state index is 0.472. The summed E-state index contributed by atoms with van der Waals surface area (Å²) in [5, 5.41) is 10.3. The first kappa shape index (κ1) is 12.2. The summed E-state index contributed by atoms with van der Waals surface area (Å²) in [5.74, 6) is 0.783. The summed E-state index contributed by atoms with van der Waals surface area (Å²) in [6.45, 7) is 4.11. The van der Waals surface area contributed by atoms with E-state index in [9.17, 15) is 5.11 Å². The van der Waals surface area contributed by atoms with Crippen LogP contribution in [0.25, 0.3) is 0 Å². The Morgan fingerprint density at radius 1 is 1.16 bits per heavy atom. The molecule has 0 fully saturated rings. The van der Waals surface area contributed by atoms with Crippen LogP contribution in [0, 0.1) is 6.92 Å². The molecule has 0 saturated carbocycles. The molecule has 98 valence electrons. The Balaban J connectivity index is 2.04. The number of hydrogen-bond acceptors (Lipinski definition) is 2. The highest BCUT2D eigenvalue weighted by Crippen LogP contribution is 2.44. The van der Waals surface area contributed by atoms with Gasteiger partial charge in [-0.3, -0.25) is 0 Å². The molecule has 1 aliphatic heterocycles. The van der Waals surface area contributed by atoms with Crippen molar-refractivity contribution in [3.8, 4) is 5.75 Å². The van der Waals surface area contributed by atoms with E-state index in [2.05, 4.69) is 25.1 Å². The van der Waals surface area contributed by atoms with E-state index in [4.69, 9.17) is 4.74 Å². The predicted molar refractivity (Wildman–Crippen MR) is 75.2 cm³/mol. The Morgan fingerprint density at radius 3 is 2.74 bits per heavy atom. The Hall–Kier alpha value is -1.80. The first-order valence-electron chi connectivity index (χ1n) is 6.62. The quantitative estimate of drug-likeness (QED) is 0.840. The molecule has 1 N–H and O–H groups in total. The smallest absolute Gasteiger partial charge is 0.134 e. The maximum Gasteiger partial charge on any atom is 0.134 e. The number of para-hydroxylation sites is 1. The first-order chi connectivity index (χ1) is 9.08. The lowest BCUT2D eigenvalue weighted by atomic mass is 9.84. The second-order valence-corrected chi connectivity index (χ2v) is 5.46. The normalized spacial score (nSPS) is 25.5. The van der Waals surface area contributed by atoms with Gasteiger partial charge in [-0.05, 0) is 25.5 Å². The van der Waals surface area contributed by atoms with Gasteiger partial charge in [-0.25, -0.2) is 0 Å². The fraction of sp³-hybridized carbons (Fsp3) is 0.294. The lowest BCUT2D eigenvalue weighted by Gasteiger charge is -2.38. The van der Waals surface area contributed by atoms with E-state index < -0.39 is 11.7 Å². The number of hydrogen-bond donors (Lipinski definition) is 1. The van der Waals surface area contributed by atoms with Crippen molar-refractivity contribution in [2.24, 2.45) is 0 Å². The van der Waals surface area contributed by atoms with Gasteiger partial charge in [0.15, 0.2) is 0 Å². The van der Waals surface area contributed by atoms with Crippen molar-refractivity contribution in [3.05, 3.63) is 65.2 Å². The van der Waals surface area contributed by atoms with Gasteiger partial charge in [0.05, 0.1) is 6.10 Å². The SMILES string of the molecule is Cc1cccc(C2(C)CC(O)c3ccccc3O2)c1. The van der Waals surface area contributed by atoms with Gasteiger partial charge in [0.25, 0.3) is 0 Å². The van der Waals surface area contributed by atoms with Crippen molar-refractivity contribution >= 4 is 0 Å². The summed E-state index contributed by atoms with van der Waals surface area (Å²) in [5.41, 5.74) is 2.73. The third-order valence-electron chi connectivity index (χ3n) is 3.82. The van der Waals surface area contributed by atoms with Gasteiger partial charge in [0.1, 0.15) is 11.4 Å². The molecule has 3 rings (SSSR count). The molecule has 1 aliphatic rings. The van der Waals surface area contributed by atoms with Crippen LogP contribution in [-0.2, 0) is 5.60 Å². The van der Waals surface area contributed by atoms with Gasteiger partial charge in [-0.15, -0.1) is 0 Å². The maximum atomic E-state index is 10.3. The highest BCUT2D eigenvalue weighted by molar-refractivity contribution is 5.40. The second-order valence-electron chi connectivity index (χ2n) is 5.46. The molecule has 2 aromatic rings. The number of benzene rings is 2. The topological polar surface area (TPSA) is 29.5 Å². The van der Waals surface area contributed by atoms with Crippen molar-refractivity contribution in [2.75, 3.05) is 0 Å². The summed E-state index contributed by atoms with van der Waals surface area (Å²) in [4.78, 5) is 0. The highest BCUT2D eigenvalue weighted by atomic mass is 16.5. The Labute approximate surface area is 113 Å². The van der Waals surface area contributed by atoms with E-state index in [0.717, 1.165) is 16.9 Å². The Morgan fingerprint density at radius 2 is 1.95 bits per heavy atom. The van der Waals surface area contributed by atoms with Crippen LogP contribution in [0.15, 0.2) is 48.5 Å². The molecule has 2 aromatic carbocycles. The van der Waals surface area contributed by atoms with Crippen LogP contribution in [-0.4, -0.2) is 5.11 Å². The van der Waals surface area contributed by atoms with Crippen LogP contribution < -0.4 is 4.74 Å². The average molecular weight is 254 g/mol. The fourth-order valence-electron chi connectivity index (χ4n) is 2.76. The third kappa shape index (κ3) is 2.13. The van der Waals surface area contributed by atoms with Gasteiger partial charge in [0.2, 0.25) is 0 Å². The largest absolute Gasteiger partial charge is 0.482 e. The first-order valence-corrected chi connectivity index (χ1v) is 6.62. The van der Waals surface area contributed by atoms with E-state index in [1.54, 1.807) is 0 Å². The molecule has 2 atom stereocenters. The molecule has 2 heteroatoms. The number of aryl methyl sites for hydroxylation is 1. The summed E-state index contributed by atoms with van der Waals surface area (Å²) < 4.78 is 6.17. The van der Waals surface area contributed by atoms with Gasteiger partial charge in [0, 0.05) is 12.0 Å². The standard InChI is InChI=1S/C17H18O2/c1-12-6-5-7-13(10-12)17(2)11-15(18)14-8-3-4-9-16(14)19-17/h3-10,15,18H,11H2,1-2H3. The molecule has 2 nitrogen and oxygen atoms in total. The van der Waals surface area contributed by atoms with E-state index in [1.165, 1.54) is 5.56 Å². The molecule has 2 unspecified atom stereocenters. The molecule has 19 heavy (non-hydrogen) atoms. The van der Waals surface area contributed by atoms with Crippen LogP contribution in [0.4, 0.5) is 0 Å². The number of aliphatic hydroxyl groups is 1.